The van der Waals surface area contributed by atoms with Crippen LogP contribution in [0, 0.1) is 6.92 Å². The second kappa shape index (κ2) is 2.85. The van der Waals surface area contributed by atoms with Gasteiger partial charge in [-0.1, -0.05) is 6.92 Å². The summed E-state index contributed by atoms with van der Waals surface area (Å²) in [6, 6.07) is 0. The molecule has 0 saturated carbocycles. The molecule has 2 aromatic heterocycles. The molecule has 4 heteroatoms. The highest BCUT2D eigenvalue weighted by atomic mass is 79.9. The lowest BCUT2D eigenvalue weighted by Gasteiger charge is -1.96. The van der Waals surface area contributed by atoms with Gasteiger partial charge in [-0.3, -0.25) is 4.40 Å². The number of nitrogens with zero attached hydrogens (tertiary/aromatic N) is 2. The van der Waals surface area contributed by atoms with E-state index in [1.54, 1.807) is 11.3 Å². The SMILES string of the molecule is CCc1c(C)sc2ncc(Br)n12. The van der Waals surface area contributed by atoms with Crippen LogP contribution in [0.3, 0.4) is 0 Å². The minimum Gasteiger partial charge on any atom is -0.281 e. The third kappa shape index (κ3) is 1.02. The van der Waals surface area contributed by atoms with Crippen LogP contribution in [-0.2, 0) is 6.42 Å². The number of aryl methyl sites for hydroxylation is 2. The molecule has 0 saturated heterocycles. The van der Waals surface area contributed by atoms with Crippen molar-refractivity contribution < 1.29 is 0 Å². The van der Waals surface area contributed by atoms with Gasteiger partial charge in [-0.2, -0.15) is 0 Å². The van der Waals surface area contributed by atoms with Crippen molar-refractivity contribution in [1.82, 2.24) is 9.38 Å². The summed E-state index contributed by atoms with van der Waals surface area (Å²) in [7, 11) is 0. The summed E-state index contributed by atoms with van der Waals surface area (Å²) in [5.74, 6) is 0. The van der Waals surface area contributed by atoms with Crippen LogP contribution < -0.4 is 0 Å². The Bertz CT molecular complexity index is 416. The molecule has 2 rings (SSSR count). The molecule has 0 atom stereocenters. The molecule has 12 heavy (non-hydrogen) atoms. The van der Waals surface area contributed by atoms with E-state index in [4.69, 9.17) is 0 Å². The molecule has 0 fully saturated rings. The maximum absolute atomic E-state index is 4.28. The third-order valence-corrected chi connectivity index (χ3v) is 3.51. The van der Waals surface area contributed by atoms with E-state index in [1.807, 2.05) is 6.20 Å². The van der Waals surface area contributed by atoms with Gasteiger partial charge in [0.05, 0.1) is 6.20 Å². The van der Waals surface area contributed by atoms with Crippen LogP contribution in [0.25, 0.3) is 4.96 Å². The normalized spacial score (nSPS) is 11.2. The number of imidazole rings is 1. The first-order valence-electron chi connectivity index (χ1n) is 3.85. The van der Waals surface area contributed by atoms with Gasteiger partial charge in [-0.15, -0.1) is 11.3 Å². The van der Waals surface area contributed by atoms with Crippen LogP contribution in [0.4, 0.5) is 0 Å². The zero-order valence-electron chi connectivity index (χ0n) is 6.97. The number of aromatic nitrogens is 2. The third-order valence-electron chi connectivity index (χ3n) is 1.94. The van der Waals surface area contributed by atoms with E-state index in [9.17, 15) is 0 Å². The Morgan fingerprint density at radius 3 is 3.08 bits per heavy atom. The Morgan fingerprint density at radius 2 is 2.42 bits per heavy atom. The van der Waals surface area contributed by atoms with E-state index in [1.165, 1.54) is 10.6 Å². The molecule has 0 aliphatic carbocycles. The van der Waals surface area contributed by atoms with Crippen molar-refractivity contribution in [3.05, 3.63) is 21.4 Å². The Morgan fingerprint density at radius 1 is 1.67 bits per heavy atom. The van der Waals surface area contributed by atoms with Gasteiger partial charge < -0.3 is 0 Å². The Balaban J connectivity index is 2.84. The largest absolute Gasteiger partial charge is 0.281 e. The Kier molecular flexibility index (Phi) is 1.96. The first-order valence-corrected chi connectivity index (χ1v) is 5.46. The molecule has 0 bridgehead atoms. The molecule has 0 aliphatic heterocycles. The van der Waals surface area contributed by atoms with Crippen LogP contribution in [-0.4, -0.2) is 9.38 Å². The van der Waals surface area contributed by atoms with Crippen molar-refractivity contribution in [2.45, 2.75) is 20.3 Å². The topological polar surface area (TPSA) is 17.3 Å². The number of fused-ring (bicyclic) bond motifs is 1. The van der Waals surface area contributed by atoms with E-state index >= 15 is 0 Å². The van der Waals surface area contributed by atoms with Gasteiger partial charge in [0.15, 0.2) is 4.96 Å². The maximum atomic E-state index is 4.28. The first kappa shape index (κ1) is 8.26. The molecule has 0 amide bonds. The number of halogens is 1. The average molecular weight is 245 g/mol. The van der Waals surface area contributed by atoms with Crippen molar-refractivity contribution in [3.63, 3.8) is 0 Å². The molecule has 64 valence electrons. The molecule has 2 heterocycles. The van der Waals surface area contributed by atoms with Gasteiger partial charge in [0.25, 0.3) is 0 Å². The number of rotatable bonds is 1. The second-order valence-electron chi connectivity index (χ2n) is 2.66. The summed E-state index contributed by atoms with van der Waals surface area (Å²) in [4.78, 5) is 6.72. The fraction of sp³-hybridized carbons (Fsp3) is 0.375. The van der Waals surface area contributed by atoms with Crippen LogP contribution in [0.15, 0.2) is 10.8 Å². The van der Waals surface area contributed by atoms with Gasteiger partial charge in [0, 0.05) is 10.6 Å². The lowest BCUT2D eigenvalue weighted by Crippen LogP contribution is -1.90. The zero-order chi connectivity index (χ0) is 8.72. The lowest BCUT2D eigenvalue weighted by atomic mass is 10.3. The van der Waals surface area contributed by atoms with Crippen LogP contribution in [0.2, 0.25) is 0 Å². The Labute approximate surface area is 83.4 Å². The van der Waals surface area contributed by atoms with Crippen LogP contribution in [0.5, 0.6) is 0 Å². The summed E-state index contributed by atoms with van der Waals surface area (Å²) >= 11 is 5.22. The molecular formula is C8H9BrN2S. The molecule has 0 radical (unpaired) electrons. The first-order chi connectivity index (χ1) is 5.74. The molecule has 0 aliphatic rings. The quantitative estimate of drug-likeness (QED) is 0.754. The van der Waals surface area contributed by atoms with Gasteiger partial charge in [-0.25, -0.2) is 4.98 Å². The smallest absolute Gasteiger partial charge is 0.195 e. The van der Waals surface area contributed by atoms with Crippen LogP contribution in [0.1, 0.15) is 17.5 Å². The summed E-state index contributed by atoms with van der Waals surface area (Å²) in [5.41, 5.74) is 1.36. The van der Waals surface area contributed by atoms with E-state index < -0.39 is 0 Å². The molecular weight excluding hydrogens is 236 g/mol. The summed E-state index contributed by atoms with van der Waals surface area (Å²) in [6.45, 7) is 4.31. The molecule has 2 aromatic rings. The zero-order valence-corrected chi connectivity index (χ0v) is 9.37. The highest BCUT2D eigenvalue weighted by Crippen LogP contribution is 2.26. The standard InChI is InChI=1S/C8H9BrN2S/c1-3-6-5(2)12-8-10-4-7(9)11(6)8/h4H,3H2,1-2H3. The summed E-state index contributed by atoms with van der Waals surface area (Å²) in [5, 5.41) is 0. The van der Waals surface area contributed by atoms with Gasteiger partial charge in [-0.05, 0) is 29.3 Å². The molecule has 0 N–H and O–H groups in total. The van der Waals surface area contributed by atoms with Gasteiger partial charge in [0.1, 0.15) is 4.60 Å². The molecule has 0 unspecified atom stereocenters. The predicted molar refractivity (Wildman–Crippen MR) is 54.9 cm³/mol. The van der Waals surface area contributed by atoms with E-state index in [0.717, 1.165) is 16.0 Å². The monoisotopic (exact) mass is 244 g/mol. The maximum Gasteiger partial charge on any atom is 0.195 e. The average Bonchev–Trinajstić information content (AvgIpc) is 2.52. The predicted octanol–water partition coefficient (Wildman–Crippen LogP) is 3.03. The molecule has 0 spiro atoms. The van der Waals surface area contributed by atoms with E-state index in [0.29, 0.717) is 0 Å². The van der Waals surface area contributed by atoms with Crippen molar-refractivity contribution in [2.75, 3.05) is 0 Å². The van der Waals surface area contributed by atoms with Gasteiger partial charge >= 0.3 is 0 Å². The van der Waals surface area contributed by atoms with Gasteiger partial charge in [0.2, 0.25) is 0 Å². The van der Waals surface area contributed by atoms with Crippen molar-refractivity contribution >= 4 is 32.2 Å². The summed E-state index contributed by atoms with van der Waals surface area (Å²) < 4.78 is 3.22. The fourth-order valence-electron chi connectivity index (χ4n) is 1.39. The molecule has 2 nitrogen and oxygen atoms in total. The van der Waals surface area contributed by atoms with Crippen molar-refractivity contribution in [2.24, 2.45) is 0 Å². The molecule has 0 aromatic carbocycles. The fourth-order valence-corrected chi connectivity index (χ4v) is 3.03. The van der Waals surface area contributed by atoms with Crippen LogP contribution >= 0.6 is 27.3 Å². The van der Waals surface area contributed by atoms with Crippen molar-refractivity contribution in [1.29, 1.82) is 0 Å². The summed E-state index contributed by atoms with van der Waals surface area (Å²) in [6.07, 6.45) is 2.91. The lowest BCUT2D eigenvalue weighted by molar-refractivity contribution is 0.973. The van der Waals surface area contributed by atoms with E-state index in [2.05, 4.69) is 39.2 Å². The number of hydrogen-bond donors (Lipinski definition) is 0. The minimum atomic E-state index is 1.05. The van der Waals surface area contributed by atoms with E-state index in [-0.39, 0.29) is 0 Å². The van der Waals surface area contributed by atoms with Crippen molar-refractivity contribution in [3.8, 4) is 0 Å². The highest BCUT2D eigenvalue weighted by Gasteiger charge is 2.10. The highest BCUT2D eigenvalue weighted by molar-refractivity contribution is 9.10. The number of hydrogen-bond acceptors (Lipinski definition) is 2. The Hall–Kier alpha value is -0.350. The minimum absolute atomic E-state index is 1.05. The second-order valence-corrected chi connectivity index (χ2v) is 4.65. The number of thiazole rings is 1.